The van der Waals surface area contributed by atoms with Crippen molar-refractivity contribution in [3.05, 3.63) is 41.3 Å². The number of benzene rings is 1. The van der Waals surface area contributed by atoms with E-state index in [1.165, 1.54) is 15.3 Å². The van der Waals surface area contributed by atoms with Crippen LogP contribution in [0.1, 0.15) is 17.8 Å². The van der Waals surface area contributed by atoms with Crippen LogP contribution in [-0.2, 0) is 0 Å². The minimum absolute atomic E-state index is 0.101. The van der Waals surface area contributed by atoms with Crippen LogP contribution in [0.25, 0.3) is 10.4 Å². The molecule has 0 saturated heterocycles. The first-order valence-electron chi connectivity index (χ1n) is 5.20. The van der Waals surface area contributed by atoms with Crippen LogP contribution in [0.2, 0.25) is 0 Å². The van der Waals surface area contributed by atoms with Crippen molar-refractivity contribution in [1.82, 2.24) is 0 Å². The molecule has 2 aromatic rings. The number of hydrogen-bond acceptors (Lipinski definition) is 3. The summed E-state index contributed by atoms with van der Waals surface area (Å²) in [5, 5.41) is 0. The number of thiophene rings is 1. The van der Waals surface area contributed by atoms with Crippen molar-refractivity contribution in [3.63, 3.8) is 0 Å². The van der Waals surface area contributed by atoms with Gasteiger partial charge in [0.15, 0.2) is 0 Å². The Balaban J connectivity index is 2.34. The van der Waals surface area contributed by atoms with Gasteiger partial charge in [-0.15, -0.1) is 11.3 Å². The Labute approximate surface area is 99.7 Å². The molecule has 2 N–H and O–H groups in total. The molecule has 84 valence electrons. The predicted molar refractivity (Wildman–Crippen MR) is 68.9 cm³/mol. The minimum atomic E-state index is 0.101. The van der Waals surface area contributed by atoms with E-state index >= 15 is 0 Å². The summed E-state index contributed by atoms with van der Waals surface area (Å²) in [5.41, 5.74) is 7.02. The van der Waals surface area contributed by atoms with Crippen molar-refractivity contribution < 1.29 is 4.74 Å². The Morgan fingerprint density at radius 1 is 1.25 bits per heavy atom. The van der Waals surface area contributed by atoms with Gasteiger partial charge in [-0.05, 0) is 36.8 Å². The van der Waals surface area contributed by atoms with Crippen LogP contribution < -0.4 is 10.5 Å². The van der Waals surface area contributed by atoms with Gasteiger partial charge in [0.25, 0.3) is 0 Å². The van der Waals surface area contributed by atoms with E-state index in [0.29, 0.717) is 0 Å². The highest BCUT2D eigenvalue weighted by atomic mass is 32.1. The first-order valence-corrected chi connectivity index (χ1v) is 6.02. The molecule has 0 spiro atoms. The van der Waals surface area contributed by atoms with Crippen LogP contribution in [0, 0.1) is 0 Å². The highest BCUT2D eigenvalue weighted by Crippen LogP contribution is 2.32. The lowest BCUT2D eigenvalue weighted by Gasteiger charge is -2.02. The standard InChI is InChI=1S/C13H15NOS/c1-9(14)12-6-7-13(16-12)10-4-3-5-11(8-10)15-2/h3-9H,14H2,1-2H3/t9-/m1/s1. The van der Waals surface area contributed by atoms with Gasteiger partial charge in [-0.3, -0.25) is 0 Å². The summed E-state index contributed by atoms with van der Waals surface area (Å²) in [4.78, 5) is 2.43. The molecule has 1 aromatic carbocycles. The second-order valence-electron chi connectivity index (χ2n) is 3.72. The smallest absolute Gasteiger partial charge is 0.119 e. The molecule has 0 bridgehead atoms. The number of nitrogens with two attached hydrogens (primary N) is 1. The van der Waals surface area contributed by atoms with E-state index in [-0.39, 0.29) is 6.04 Å². The molecule has 0 amide bonds. The van der Waals surface area contributed by atoms with Gasteiger partial charge in [0.1, 0.15) is 5.75 Å². The van der Waals surface area contributed by atoms with E-state index in [0.717, 1.165) is 5.75 Å². The summed E-state index contributed by atoms with van der Waals surface area (Å²) < 4.78 is 5.21. The van der Waals surface area contributed by atoms with Crippen LogP contribution in [-0.4, -0.2) is 7.11 Å². The Bertz CT molecular complexity index is 476. The Kier molecular flexibility index (Phi) is 3.27. The lowest BCUT2D eigenvalue weighted by atomic mass is 10.2. The number of ether oxygens (including phenoxy) is 1. The van der Waals surface area contributed by atoms with Crippen molar-refractivity contribution in [2.24, 2.45) is 5.73 Å². The van der Waals surface area contributed by atoms with Crippen molar-refractivity contribution in [1.29, 1.82) is 0 Å². The van der Waals surface area contributed by atoms with E-state index < -0.39 is 0 Å². The summed E-state index contributed by atoms with van der Waals surface area (Å²) in [6.07, 6.45) is 0. The SMILES string of the molecule is COc1cccc(-c2ccc([C@@H](C)N)s2)c1. The molecule has 2 rings (SSSR count). The third-order valence-electron chi connectivity index (χ3n) is 2.43. The maximum atomic E-state index is 5.85. The zero-order valence-corrected chi connectivity index (χ0v) is 10.3. The van der Waals surface area contributed by atoms with Crippen molar-refractivity contribution in [2.45, 2.75) is 13.0 Å². The second kappa shape index (κ2) is 4.68. The average Bonchev–Trinajstić information content (AvgIpc) is 2.78. The third kappa shape index (κ3) is 2.26. The van der Waals surface area contributed by atoms with E-state index in [1.54, 1.807) is 18.4 Å². The largest absolute Gasteiger partial charge is 0.497 e. The van der Waals surface area contributed by atoms with Gasteiger partial charge in [-0.1, -0.05) is 12.1 Å². The lowest BCUT2D eigenvalue weighted by Crippen LogP contribution is -2.01. The van der Waals surface area contributed by atoms with Crippen LogP contribution in [0.15, 0.2) is 36.4 Å². The molecular weight excluding hydrogens is 218 g/mol. The highest BCUT2D eigenvalue weighted by Gasteiger charge is 2.06. The number of rotatable bonds is 3. The molecule has 0 aliphatic carbocycles. The molecule has 16 heavy (non-hydrogen) atoms. The van der Waals surface area contributed by atoms with E-state index in [4.69, 9.17) is 10.5 Å². The normalized spacial score (nSPS) is 12.4. The Morgan fingerprint density at radius 2 is 2.06 bits per heavy atom. The van der Waals surface area contributed by atoms with Gasteiger partial charge in [0.05, 0.1) is 7.11 Å². The van der Waals surface area contributed by atoms with Crippen molar-refractivity contribution in [3.8, 4) is 16.2 Å². The summed E-state index contributed by atoms with van der Waals surface area (Å²) >= 11 is 1.73. The quantitative estimate of drug-likeness (QED) is 0.881. The predicted octanol–water partition coefficient (Wildman–Crippen LogP) is 3.44. The van der Waals surface area contributed by atoms with Gasteiger partial charge in [-0.25, -0.2) is 0 Å². The first kappa shape index (κ1) is 11.2. The summed E-state index contributed by atoms with van der Waals surface area (Å²) in [6.45, 7) is 2.00. The summed E-state index contributed by atoms with van der Waals surface area (Å²) in [7, 11) is 1.68. The van der Waals surface area contributed by atoms with Gasteiger partial charge >= 0.3 is 0 Å². The molecule has 1 atom stereocenters. The monoisotopic (exact) mass is 233 g/mol. The molecule has 0 saturated carbocycles. The molecule has 3 heteroatoms. The fourth-order valence-electron chi connectivity index (χ4n) is 1.53. The minimum Gasteiger partial charge on any atom is -0.497 e. The maximum absolute atomic E-state index is 5.85. The number of methoxy groups -OCH3 is 1. The topological polar surface area (TPSA) is 35.2 Å². The highest BCUT2D eigenvalue weighted by molar-refractivity contribution is 7.15. The van der Waals surface area contributed by atoms with Crippen molar-refractivity contribution in [2.75, 3.05) is 7.11 Å². The molecule has 0 aliphatic rings. The fraction of sp³-hybridized carbons (Fsp3) is 0.231. The summed E-state index contributed by atoms with van der Waals surface area (Å²) in [6, 6.07) is 12.4. The van der Waals surface area contributed by atoms with Crippen molar-refractivity contribution >= 4 is 11.3 Å². The van der Waals surface area contributed by atoms with Crippen LogP contribution in [0.5, 0.6) is 5.75 Å². The van der Waals surface area contributed by atoms with Gasteiger partial charge in [-0.2, -0.15) is 0 Å². The van der Waals surface area contributed by atoms with Gasteiger partial charge < -0.3 is 10.5 Å². The zero-order chi connectivity index (χ0) is 11.5. The van der Waals surface area contributed by atoms with Crippen LogP contribution >= 0.6 is 11.3 Å². The lowest BCUT2D eigenvalue weighted by molar-refractivity contribution is 0.415. The average molecular weight is 233 g/mol. The van der Waals surface area contributed by atoms with Gasteiger partial charge in [0.2, 0.25) is 0 Å². The maximum Gasteiger partial charge on any atom is 0.119 e. The van der Waals surface area contributed by atoms with E-state index in [2.05, 4.69) is 18.2 Å². The molecule has 2 nitrogen and oxygen atoms in total. The summed E-state index contributed by atoms with van der Waals surface area (Å²) in [5.74, 6) is 0.883. The first-order chi connectivity index (χ1) is 7.70. The molecule has 0 radical (unpaired) electrons. The van der Waals surface area contributed by atoms with Crippen LogP contribution in [0.4, 0.5) is 0 Å². The van der Waals surface area contributed by atoms with E-state index in [1.807, 2.05) is 25.1 Å². The Morgan fingerprint density at radius 3 is 2.69 bits per heavy atom. The Hall–Kier alpha value is -1.32. The molecule has 0 unspecified atom stereocenters. The molecule has 0 fully saturated rings. The van der Waals surface area contributed by atoms with Crippen LogP contribution in [0.3, 0.4) is 0 Å². The third-order valence-corrected chi connectivity index (χ3v) is 3.77. The molecule has 1 aromatic heterocycles. The number of hydrogen-bond donors (Lipinski definition) is 1. The zero-order valence-electron chi connectivity index (χ0n) is 9.44. The second-order valence-corrected chi connectivity index (χ2v) is 4.84. The molecule has 1 heterocycles. The van der Waals surface area contributed by atoms with Gasteiger partial charge in [0, 0.05) is 15.8 Å². The molecule has 0 aliphatic heterocycles. The fourth-order valence-corrected chi connectivity index (χ4v) is 2.49. The molecular formula is C13H15NOS. The van der Waals surface area contributed by atoms with E-state index in [9.17, 15) is 0 Å².